The Hall–Kier alpha value is 0.289. The molecule has 0 aromatic heterocycles. The molecule has 65 valence electrons. The van der Waals surface area contributed by atoms with Crippen LogP contribution in [-0.4, -0.2) is 32.7 Å². The second-order valence-electron chi connectivity index (χ2n) is 1.57. The maximum absolute atomic E-state index is 10.1. The molecule has 7 heteroatoms. The molecule has 0 fully saturated rings. The van der Waals surface area contributed by atoms with Crippen molar-refractivity contribution in [2.24, 2.45) is 0 Å². The fourth-order valence-corrected chi connectivity index (χ4v) is 0.525. The topological polar surface area (TPSA) is 74.6 Å². The fraction of sp³-hybridized carbons (Fsp3) is 0.500. The number of carboxylic acids is 2. The summed E-state index contributed by atoms with van der Waals surface area (Å²) in [7, 11) is 0. The van der Waals surface area contributed by atoms with E-state index in [2.05, 4.69) is 25.3 Å². The average molecular weight is 280 g/mol. The van der Waals surface area contributed by atoms with Crippen molar-refractivity contribution < 1.29 is 39.9 Å². The summed E-state index contributed by atoms with van der Waals surface area (Å²) in [4.78, 5) is 20.1. The van der Waals surface area contributed by atoms with E-state index in [1.165, 1.54) is 0 Å². The molecule has 0 aliphatic rings. The second kappa shape index (κ2) is 5.88. The van der Waals surface area contributed by atoms with Crippen molar-refractivity contribution >= 4 is 37.2 Å². The molecule has 0 bridgehead atoms. The molecule has 0 aliphatic heterocycles. The van der Waals surface area contributed by atoms with Gasteiger partial charge < -0.3 is 10.2 Å². The van der Waals surface area contributed by atoms with Crippen LogP contribution in [0.25, 0.3) is 0 Å². The van der Waals surface area contributed by atoms with Crippen molar-refractivity contribution in [3.8, 4) is 0 Å². The van der Waals surface area contributed by atoms with Crippen LogP contribution >= 0.6 is 25.3 Å². The summed E-state index contributed by atoms with van der Waals surface area (Å²) >= 11 is 7.00. The number of carboxylic acid groups (broad SMARTS) is 2. The van der Waals surface area contributed by atoms with Crippen molar-refractivity contribution in [2.75, 3.05) is 0 Å². The molecule has 0 saturated heterocycles. The van der Waals surface area contributed by atoms with Gasteiger partial charge in [-0.15, -0.1) is 0 Å². The summed E-state index contributed by atoms with van der Waals surface area (Å²) in [6.45, 7) is 0. The molecule has 0 rings (SSSR count). The molecule has 0 spiro atoms. The van der Waals surface area contributed by atoms with Crippen molar-refractivity contribution in [1.29, 1.82) is 0 Å². The van der Waals surface area contributed by atoms with Crippen LogP contribution in [0.15, 0.2) is 0 Å². The summed E-state index contributed by atoms with van der Waals surface area (Å²) in [5, 5.41) is 13.9. The number of rotatable bonds is 3. The Bertz CT molecular complexity index is 144. The third-order valence-electron chi connectivity index (χ3n) is 0.805. The first-order valence-electron chi connectivity index (χ1n) is 2.28. The number of carbonyl (C=O) groups is 2. The van der Waals surface area contributed by atoms with E-state index >= 15 is 0 Å². The summed E-state index contributed by atoms with van der Waals surface area (Å²) in [6, 6.07) is 0. The van der Waals surface area contributed by atoms with Crippen LogP contribution in [0.2, 0.25) is 0 Å². The standard InChI is InChI=1S/C4H6O4S2.Tc/c5-3(6)1(9)2(10)4(7)8;/h1-2,9-10H,(H,5,6)(H,7,8);. The van der Waals surface area contributed by atoms with Gasteiger partial charge in [-0.05, 0) is 0 Å². The van der Waals surface area contributed by atoms with Crippen LogP contribution in [0.4, 0.5) is 0 Å². The second-order valence-corrected chi connectivity index (χ2v) is 2.68. The Morgan fingerprint density at radius 2 is 1.18 bits per heavy atom. The van der Waals surface area contributed by atoms with Crippen molar-refractivity contribution in [2.45, 2.75) is 10.5 Å². The summed E-state index contributed by atoms with van der Waals surface area (Å²) in [6.07, 6.45) is 0. The Balaban J connectivity index is 0. The summed E-state index contributed by atoms with van der Waals surface area (Å²) in [5.41, 5.74) is 0. The van der Waals surface area contributed by atoms with E-state index in [4.69, 9.17) is 10.2 Å². The van der Waals surface area contributed by atoms with Gasteiger partial charge in [-0.1, -0.05) is 0 Å². The van der Waals surface area contributed by atoms with Gasteiger partial charge in [0.2, 0.25) is 0 Å². The van der Waals surface area contributed by atoms with E-state index in [9.17, 15) is 9.59 Å². The van der Waals surface area contributed by atoms with Gasteiger partial charge in [-0.3, -0.25) is 9.59 Å². The minimum absolute atomic E-state index is 0. The molecular weight excluding hydrogens is 274 g/mol. The van der Waals surface area contributed by atoms with Gasteiger partial charge in [0.15, 0.2) is 0 Å². The SMILES string of the molecule is O=C(O)C(S)C(S)C(=O)O.[Tc]. The number of thiol groups is 2. The molecule has 0 aliphatic carbocycles. The van der Waals surface area contributed by atoms with Gasteiger partial charge >= 0.3 is 11.9 Å². The first-order chi connectivity index (χ1) is 4.46. The number of aliphatic carboxylic acids is 2. The zero-order valence-corrected chi connectivity index (χ0v) is 8.78. The molecule has 1 radical (unpaired) electrons. The van der Waals surface area contributed by atoms with Gasteiger partial charge in [0.25, 0.3) is 0 Å². The first kappa shape index (κ1) is 13.9. The minimum atomic E-state index is -1.29. The quantitative estimate of drug-likeness (QED) is 0.538. The molecule has 2 unspecified atom stereocenters. The van der Waals surface area contributed by atoms with Crippen LogP contribution in [0.5, 0.6) is 0 Å². The summed E-state index contributed by atoms with van der Waals surface area (Å²) < 4.78 is 0. The van der Waals surface area contributed by atoms with E-state index in [0.717, 1.165) is 0 Å². The van der Waals surface area contributed by atoms with Crippen LogP contribution in [-0.2, 0) is 29.7 Å². The molecule has 0 amide bonds. The third kappa shape index (κ3) is 4.68. The summed E-state index contributed by atoms with van der Waals surface area (Å²) in [5.74, 6) is -2.57. The molecule has 2 N–H and O–H groups in total. The first-order valence-corrected chi connectivity index (χ1v) is 3.32. The molecule has 0 saturated carbocycles. The van der Waals surface area contributed by atoms with Gasteiger partial charge in [-0.2, -0.15) is 25.3 Å². The smallest absolute Gasteiger partial charge is 0.318 e. The Morgan fingerprint density at radius 3 is 1.27 bits per heavy atom. The van der Waals surface area contributed by atoms with Crippen molar-refractivity contribution in [1.82, 2.24) is 0 Å². The number of hydrogen-bond acceptors (Lipinski definition) is 4. The average Bonchev–Trinajstić information content (AvgIpc) is 1.84. The van der Waals surface area contributed by atoms with E-state index < -0.39 is 22.4 Å². The normalized spacial score (nSPS) is 14.4. The van der Waals surface area contributed by atoms with E-state index in [1.54, 1.807) is 0 Å². The zero-order valence-electron chi connectivity index (χ0n) is 5.14. The van der Waals surface area contributed by atoms with Crippen LogP contribution in [0, 0.1) is 0 Å². The Morgan fingerprint density at radius 1 is 1.00 bits per heavy atom. The largest absolute Gasteiger partial charge is 0.480 e. The van der Waals surface area contributed by atoms with Gasteiger partial charge in [0, 0.05) is 20.1 Å². The van der Waals surface area contributed by atoms with Crippen molar-refractivity contribution in [3.63, 3.8) is 0 Å². The predicted octanol–water partition coefficient (Wildman–Crippen LogP) is -0.250. The molecule has 0 aromatic carbocycles. The van der Waals surface area contributed by atoms with E-state index in [0.29, 0.717) is 0 Å². The fourth-order valence-electron chi connectivity index (χ4n) is 0.270. The molecule has 0 aromatic rings. The molecule has 2 atom stereocenters. The maximum atomic E-state index is 10.1. The van der Waals surface area contributed by atoms with E-state index in [1.807, 2.05) is 0 Å². The Labute approximate surface area is 87.5 Å². The minimum Gasteiger partial charge on any atom is -0.480 e. The van der Waals surface area contributed by atoms with Crippen LogP contribution < -0.4 is 0 Å². The van der Waals surface area contributed by atoms with Gasteiger partial charge in [0.1, 0.15) is 10.5 Å². The van der Waals surface area contributed by atoms with E-state index in [-0.39, 0.29) is 20.1 Å². The maximum Gasteiger partial charge on any atom is 0.318 e. The monoisotopic (exact) mass is 279 g/mol. The molecule has 0 heterocycles. The number of hydrogen-bond donors (Lipinski definition) is 4. The van der Waals surface area contributed by atoms with Crippen LogP contribution in [0.1, 0.15) is 0 Å². The van der Waals surface area contributed by atoms with Crippen LogP contribution in [0.3, 0.4) is 0 Å². The zero-order chi connectivity index (χ0) is 8.31. The molecule has 4 nitrogen and oxygen atoms in total. The van der Waals surface area contributed by atoms with Gasteiger partial charge in [0.05, 0.1) is 0 Å². The van der Waals surface area contributed by atoms with Crippen molar-refractivity contribution in [3.05, 3.63) is 0 Å². The third-order valence-corrected chi connectivity index (χ3v) is 2.08. The molecular formula is C4H6O4S2Tc. The van der Waals surface area contributed by atoms with Gasteiger partial charge in [-0.25, -0.2) is 0 Å². The Kier molecular flexibility index (Phi) is 7.40. The molecule has 11 heavy (non-hydrogen) atoms. The predicted molar refractivity (Wildman–Crippen MR) is 40.8 cm³/mol.